The van der Waals surface area contributed by atoms with Crippen molar-refractivity contribution in [2.75, 3.05) is 7.11 Å². The second-order valence-corrected chi connectivity index (χ2v) is 6.47. The van der Waals surface area contributed by atoms with Crippen molar-refractivity contribution >= 4 is 0 Å². The SMILES string of the molecule is COc1ccc(F)c([C@@H](C)N[C@H]2CCC(c3ccc(=O)[nH]c3)C2)c1. The van der Waals surface area contributed by atoms with Crippen molar-refractivity contribution in [3.05, 3.63) is 63.8 Å². The van der Waals surface area contributed by atoms with Crippen molar-refractivity contribution in [2.24, 2.45) is 0 Å². The largest absolute Gasteiger partial charge is 0.497 e. The third-order valence-corrected chi connectivity index (χ3v) is 4.87. The van der Waals surface area contributed by atoms with Gasteiger partial charge in [-0.2, -0.15) is 0 Å². The Morgan fingerprint density at radius 2 is 2.12 bits per heavy atom. The molecule has 1 aromatic heterocycles. The summed E-state index contributed by atoms with van der Waals surface area (Å²) in [5, 5.41) is 3.53. The molecule has 5 heteroatoms. The quantitative estimate of drug-likeness (QED) is 0.882. The molecule has 0 spiro atoms. The highest BCUT2D eigenvalue weighted by molar-refractivity contribution is 5.31. The lowest BCUT2D eigenvalue weighted by Crippen LogP contribution is -2.29. The Balaban J connectivity index is 1.64. The van der Waals surface area contributed by atoms with Crippen LogP contribution < -0.4 is 15.6 Å². The van der Waals surface area contributed by atoms with Gasteiger partial charge >= 0.3 is 0 Å². The normalized spacial score (nSPS) is 21.6. The third kappa shape index (κ3) is 3.67. The number of methoxy groups -OCH3 is 1. The molecule has 0 bridgehead atoms. The minimum absolute atomic E-state index is 0.0754. The highest BCUT2D eigenvalue weighted by atomic mass is 19.1. The van der Waals surface area contributed by atoms with Crippen LogP contribution in [0.25, 0.3) is 0 Å². The number of halogens is 1. The highest BCUT2D eigenvalue weighted by Crippen LogP contribution is 2.35. The van der Waals surface area contributed by atoms with Gasteiger partial charge < -0.3 is 15.0 Å². The number of rotatable bonds is 5. The number of pyridine rings is 1. The first-order chi connectivity index (χ1) is 11.6. The number of benzene rings is 1. The fourth-order valence-electron chi connectivity index (χ4n) is 3.54. The molecule has 3 atom stereocenters. The zero-order valence-electron chi connectivity index (χ0n) is 14.0. The van der Waals surface area contributed by atoms with Crippen molar-refractivity contribution in [3.63, 3.8) is 0 Å². The summed E-state index contributed by atoms with van der Waals surface area (Å²) in [4.78, 5) is 13.9. The number of aromatic nitrogens is 1. The van der Waals surface area contributed by atoms with Crippen LogP contribution in [0.5, 0.6) is 5.75 Å². The molecule has 0 radical (unpaired) electrons. The highest BCUT2D eigenvalue weighted by Gasteiger charge is 2.27. The molecular formula is C19H23FN2O2. The van der Waals surface area contributed by atoms with E-state index in [1.54, 1.807) is 31.5 Å². The second-order valence-electron chi connectivity index (χ2n) is 6.47. The number of hydrogen-bond donors (Lipinski definition) is 2. The van der Waals surface area contributed by atoms with Gasteiger partial charge in [-0.05, 0) is 55.9 Å². The zero-order chi connectivity index (χ0) is 17.1. The monoisotopic (exact) mass is 330 g/mol. The Labute approximate surface area is 141 Å². The molecular weight excluding hydrogens is 307 g/mol. The lowest BCUT2D eigenvalue weighted by Gasteiger charge is -2.21. The van der Waals surface area contributed by atoms with E-state index < -0.39 is 0 Å². The first-order valence-corrected chi connectivity index (χ1v) is 8.35. The molecule has 2 N–H and O–H groups in total. The van der Waals surface area contributed by atoms with Crippen LogP contribution in [0.4, 0.5) is 4.39 Å². The number of aromatic amines is 1. The van der Waals surface area contributed by atoms with Gasteiger partial charge in [-0.1, -0.05) is 6.07 Å². The van der Waals surface area contributed by atoms with Crippen LogP contribution in [0.3, 0.4) is 0 Å². The summed E-state index contributed by atoms with van der Waals surface area (Å²) < 4.78 is 19.3. The third-order valence-electron chi connectivity index (χ3n) is 4.87. The van der Waals surface area contributed by atoms with Crippen LogP contribution in [-0.2, 0) is 0 Å². The van der Waals surface area contributed by atoms with Crippen molar-refractivity contribution in [1.29, 1.82) is 0 Å². The molecule has 3 rings (SSSR count). The molecule has 2 aromatic rings. The predicted octanol–water partition coefficient (Wildman–Crippen LogP) is 3.51. The van der Waals surface area contributed by atoms with Crippen molar-refractivity contribution < 1.29 is 9.13 Å². The number of ether oxygens (including phenoxy) is 1. The molecule has 1 aliphatic carbocycles. The topological polar surface area (TPSA) is 54.1 Å². The Bertz CT molecular complexity index is 739. The van der Waals surface area contributed by atoms with Gasteiger partial charge in [0.25, 0.3) is 0 Å². The molecule has 0 aliphatic heterocycles. The van der Waals surface area contributed by atoms with E-state index >= 15 is 0 Å². The van der Waals surface area contributed by atoms with Gasteiger partial charge in [-0.15, -0.1) is 0 Å². The maximum Gasteiger partial charge on any atom is 0.247 e. The Morgan fingerprint density at radius 3 is 2.83 bits per heavy atom. The average molecular weight is 330 g/mol. The molecule has 1 aromatic carbocycles. The summed E-state index contributed by atoms with van der Waals surface area (Å²) in [6.45, 7) is 1.98. The minimum Gasteiger partial charge on any atom is -0.497 e. The van der Waals surface area contributed by atoms with Gasteiger partial charge in [0.05, 0.1) is 7.11 Å². The maximum absolute atomic E-state index is 14.1. The minimum atomic E-state index is -0.217. The molecule has 1 aliphatic rings. The van der Waals surface area contributed by atoms with Crippen LogP contribution in [0.1, 0.15) is 49.3 Å². The van der Waals surface area contributed by atoms with Crippen LogP contribution in [-0.4, -0.2) is 18.1 Å². The van der Waals surface area contributed by atoms with Crippen LogP contribution in [0.2, 0.25) is 0 Å². The molecule has 1 unspecified atom stereocenters. The average Bonchev–Trinajstić information content (AvgIpc) is 3.04. The van der Waals surface area contributed by atoms with E-state index in [1.807, 2.05) is 13.0 Å². The van der Waals surface area contributed by atoms with Gasteiger partial charge in [-0.3, -0.25) is 4.79 Å². The van der Waals surface area contributed by atoms with Crippen LogP contribution >= 0.6 is 0 Å². The van der Waals surface area contributed by atoms with Crippen molar-refractivity contribution in [3.8, 4) is 5.75 Å². The van der Waals surface area contributed by atoms with Gasteiger partial charge in [0, 0.05) is 29.9 Å². The van der Waals surface area contributed by atoms with Gasteiger partial charge in [0.1, 0.15) is 11.6 Å². The fraction of sp³-hybridized carbons (Fsp3) is 0.421. The fourth-order valence-corrected chi connectivity index (χ4v) is 3.54. The molecule has 1 heterocycles. The molecule has 128 valence electrons. The Hall–Kier alpha value is -2.14. The zero-order valence-corrected chi connectivity index (χ0v) is 14.0. The standard InChI is InChI=1S/C19H23FN2O2/c1-12(17-10-16(24-2)6-7-18(17)20)22-15-5-3-13(9-15)14-4-8-19(23)21-11-14/h4,6-8,10-13,15,22H,3,5,9H2,1-2H3,(H,21,23)/t12-,13?,15+/m1/s1. The smallest absolute Gasteiger partial charge is 0.247 e. The molecule has 24 heavy (non-hydrogen) atoms. The van der Waals surface area contributed by atoms with Crippen molar-refractivity contribution in [1.82, 2.24) is 10.3 Å². The summed E-state index contributed by atoms with van der Waals surface area (Å²) in [5.41, 5.74) is 1.72. The molecule has 4 nitrogen and oxygen atoms in total. The van der Waals surface area contributed by atoms with Crippen LogP contribution in [0.15, 0.2) is 41.3 Å². The number of nitrogens with one attached hydrogen (secondary N) is 2. The molecule has 1 saturated carbocycles. The first kappa shape index (κ1) is 16.7. The maximum atomic E-state index is 14.1. The Morgan fingerprint density at radius 1 is 1.29 bits per heavy atom. The number of H-pyrrole nitrogens is 1. The molecule has 1 fully saturated rings. The van der Waals surface area contributed by atoms with E-state index in [2.05, 4.69) is 10.3 Å². The van der Waals surface area contributed by atoms with Gasteiger partial charge in [-0.25, -0.2) is 4.39 Å². The molecule has 0 amide bonds. The van der Waals surface area contributed by atoms with E-state index in [0.29, 0.717) is 23.3 Å². The van der Waals surface area contributed by atoms with E-state index in [0.717, 1.165) is 19.3 Å². The summed E-state index contributed by atoms with van der Waals surface area (Å²) >= 11 is 0. The van der Waals surface area contributed by atoms with Crippen LogP contribution in [0, 0.1) is 5.82 Å². The summed E-state index contributed by atoms with van der Waals surface area (Å²) in [6.07, 6.45) is 4.90. The Kier molecular flexibility index (Phi) is 5.00. The summed E-state index contributed by atoms with van der Waals surface area (Å²) in [7, 11) is 1.58. The van der Waals surface area contributed by atoms with Gasteiger partial charge in [0.2, 0.25) is 5.56 Å². The van der Waals surface area contributed by atoms with Gasteiger partial charge in [0.15, 0.2) is 0 Å². The summed E-state index contributed by atoms with van der Waals surface area (Å²) in [6, 6.07) is 8.56. The lowest BCUT2D eigenvalue weighted by molar-refractivity contribution is 0.407. The van der Waals surface area contributed by atoms with E-state index in [4.69, 9.17) is 4.74 Å². The summed E-state index contributed by atoms with van der Waals surface area (Å²) in [5.74, 6) is 0.880. The predicted molar refractivity (Wildman–Crippen MR) is 91.9 cm³/mol. The van der Waals surface area contributed by atoms with E-state index in [9.17, 15) is 9.18 Å². The number of hydrogen-bond acceptors (Lipinski definition) is 3. The second kappa shape index (κ2) is 7.18. The van der Waals surface area contributed by atoms with Crippen molar-refractivity contribution in [2.45, 2.75) is 44.2 Å². The van der Waals surface area contributed by atoms with E-state index in [1.165, 1.54) is 11.6 Å². The first-order valence-electron chi connectivity index (χ1n) is 8.35. The lowest BCUT2D eigenvalue weighted by atomic mass is 9.99. The van der Waals surface area contributed by atoms with E-state index in [-0.39, 0.29) is 17.4 Å². The molecule has 0 saturated heterocycles.